The quantitative estimate of drug-likeness (QED) is 0.0574. The topological polar surface area (TPSA) is 140 Å². The van der Waals surface area contributed by atoms with Gasteiger partial charge in [0.2, 0.25) is 0 Å². The van der Waals surface area contributed by atoms with Gasteiger partial charge < -0.3 is 25.4 Å². The molecule has 3 aromatic carbocycles. The maximum Gasteiger partial charge on any atom is 0.276 e. The van der Waals surface area contributed by atoms with Crippen molar-refractivity contribution in [2.75, 3.05) is 18.2 Å². The molecule has 2 N–H and O–H groups in total. The number of β-lactam (4-membered cyclic amide) rings is 1. The van der Waals surface area contributed by atoms with Gasteiger partial charge in [-0.15, -0.1) is 27.1 Å². The Kier molecular flexibility index (Phi) is 10.9. The SMILES string of the molecule is CON=C(C(=O)NC1C(=O)N2C(C(=O)[O-])=C(C=C(C)S[n+]3ccccc3)CS[C@@H]12)c1csc(NC(c2ccccc2)(c2ccccc2)c2ccccc2)n1. The Morgan fingerprint density at radius 3 is 2.09 bits per heavy atom. The fraction of sp³-hybridized carbons (Fsp3) is 0.150. The number of fused-ring (bicyclic) bond motifs is 1. The summed E-state index contributed by atoms with van der Waals surface area (Å²) in [6.07, 6.45) is 5.51. The summed E-state index contributed by atoms with van der Waals surface area (Å²) >= 11 is 4.06. The molecule has 5 aromatic rings. The van der Waals surface area contributed by atoms with Crippen LogP contribution in [-0.4, -0.2) is 57.7 Å². The lowest BCUT2D eigenvalue weighted by atomic mass is 9.77. The molecular formula is C40H34N6O5S3. The van der Waals surface area contributed by atoms with E-state index in [0.29, 0.717) is 16.5 Å². The first-order valence-electron chi connectivity index (χ1n) is 16.8. The molecule has 1 unspecified atom stereocenters. The fourth-order valence-electron chi connectivity index (χ4n) is 6.51. The molecule has 272 valence electrons. The first-order chi connectivity index (χ1) is 26.3. The van der Waals surface area contributed by atoms with E-state index in [1.165, 1.54) is 47.1 Å². The number of nitrogens with one attached hydrogen (secondary N) is 2. The molecule has 2 aromatic heterocycles. The lowest BCUT2D eigenvalue weighted by Crippen LogP contribution is -2.71. The zero-order valence-corrected chi connectivity index (χ0v) is 31.6. The largest absolute Gasteiger partial charge is 0.543 e. The summed E-state index contributed by atoms with van der Waals surface area (Å²) in [5.41, 5.74) is 2.44. The van der Waals surface area contributed by atoms with Crippen LogP contribution in [-0.2, 0) is 24.8 Å². The van der Waals surface area contributed by atoms with Crippen LogP contribution in [0.15, 0.2) is 154 Å². The number of oxime groups is 1. The van der Waals surface area contributed by atoms with Crippen LogP contribution in [0, 0.1) is 0 Å². The maximum absolute atomic E-state index is 13.8. The van der Waals surface area contributed by atoms with Crippen molar-refractivity contribution in [3.63, 3.8) is 0 Å². The third-order valence-corrected chi connectivity index (χ3v) is 11.8. The minimum absolute atomic E-state index is 0.135. The second kappa shape index (κ2) is 16.1. The summed E-state index contributed by atoms with van der Waals surface area (Å²) in [4.78, 5) is 51.5. The zero-order valence-electron chi connectivity index (χ0n) is 29.1. The summed E-state index contributed by atoms with van der Waals surface area (Å²) in [7, 11) is 1.32. The molecule has 1 saturated heterocycles. The second-order valence-electron chi connectivity index (χ2n) is 12.2. The molecule has 0 radical (unpaired) electrons. The normalized spacial score (nSPS) is 17.4. The first kappa shape index (κ1) is 36.6. The molecule has 14 heteroatoms. The van der Waals surface area contributed by atoms with Crippen LogP contribution < -0.4 is 19.7 Å². The van der Waals surface area contributed by atoms with Gasteiger partial charge in [0.1, 0.15) is 29.8 Å². The summed E-state index contributed by atoms with van der Waals surface area (Å²) < 4.78 is 1.89. The van der Waals surface area contributed by atoms with E-state index < -0.39 is 34.7 Å². The number of carboxylic acids is 1. The van der Waals surface area contributed by atoms with Crippen molar-refractivity contribution >= 4 is 63.7 Å². The molecule has 4 heterocycles. The molecule has 0 saturated carbocycles. The molecule has 54 heavy (non-hydrogen) atoms. The third-order valence-electron chi connectivity index (χ3n) is 8.85. The number of benzene rings is 3. The number of nitrogens with zero attached hydrogens (tertiary/aromatic N) is 4. The highest BCUT2D eigenvalue weighted by Crippen LogP contribution is 2.42. The number of pyridine rings is 1. The standard InChI is InChI=1S/C40H34N6O5S3/c1-26(54-45-21-13-6-14-22-45)23-27-24-52-37-33(36(48)46(37)34(27)38(49)50)42-35(47)32(44-51-2)31-25-53-39(41-31)43-40(28-15-7-3-8-16-28,29-17-9-4-10-18-29)30-19-11-5-12-20-30/h3-23,25,33,37H,24H2,1-2H3,(H2-,41,42,43,47,49,50)/t33?,37-/m0/s1. The third kappa shape index (κ3) is 7.27. The Morgan fingerprint density at radius 1 is 0.963 bits per heavy atom. The van der Waals surface area contributed by atoms with Gasteiger partial charge in [0.15, 0.2) is 35.2 Å². The predicted molar refractivity (Wildman–Crippen MR) is 209 cm³/mol. The van der Waals surface area contributed by atoms with E-state index in [-0.39, 0.29) is 17.1 Å². The highest BCUT2D eigenvalue weighted by atomic mass is 32.2. The van der Waals surface area contributed by atoms with Gasteiger partial charge in [-0.3, -0.25) is 14.5 Å². The summed E-state index contributed by atoms with van der Waals surface area (Å²) in [6, 6.07) is 34.8. The van der Waals surface area contributed by atoms with E-state index in [4.69, 9.17) is 9.82 Å². The van der Waals surface area contributed by atoms with Crippen LogP contribution in [0.3, 0.4) is 0 Å². The summed E-state index contributed by atoms with van der Waals surface area (Å²) in [5.74, 6) is -2.42. The number of thioether (sulfide) groups is 1. The van der Waals surface area contributed by atoms with Crippen molar-refractivity contribution in [2.24, 2.45) is 5.16 Å². The van der Waals surface area contributed by atoms with Crippen LogP contribution in [0.1, 0.15) is 29.3 Å². The molecule has 0 aliphatic carbocycles. The predicted octanol–water partition coefficient (Wildman–Crippen LogP) is 4.69. The Labute approximate surface area is 324 Å². The van der Waals surface area contributed by atoms with Crippen molar-refractivity contribution in [3.8, 4) is 0 Å². The van der Waals surface area contributed by atoms with Crippen LogP contribution in [0.5, 0.6) is 0 Å². The molecule has 2 atom stereocenters. The minimum Gasteiger partial charge on any atom is -0.543 e. The first-order valence-corrected chi connectivity index (χ1v) is 19.5. The van der Waals surface area contributed by atoms with E-state index in [0.717, 1.165) is 21.6 Å². The lowest BCUT2D eigenvalue weighted by Gasteiger charge is -2.50. The fourth-order valence-corrected chi connectivity index (χ4v) is 9.36. The average Bonchev–Trinajstić information content (AvgIpc) is 3.67. The van der Waals surface area contributed by atoms with Crippen molar-refractivity contribution in [3.05, 3.63) is 172 Å². The van der Waals surface area contributed by atoms with Gasteiger partial charge in [0.25, 0.3) is 11.8 Å². The van der Waals surface area contributed by atoms with Crippen LogP contribution in [0.2, 0.25) is 0 Å². The average molecular weight is 775 g/mol. The van der Waals surface area contributed by atoms with E-state index in [9.17, 15) is 19.5 Å². The molecule has 0 bridgehead atoms. The number of rotatable bonds is 13. The van der Waals surface area contributed by atoms with Crippen molar-refractivity contribution in [1.82, 2.24) is 15.2 Å². The molecule has 0 spiro atoms. The summed E-state index contributed by atoms with van der Waals surface area (Å²) in [5, 5.41) is 24.4. The smallest absolute Gasteiger partial charge is 0.276 e. The number of hydrogen-bond acceptors (Lipinski definition) is 11. The minimum atomic E-state index is -1.46. The van der Waals surface area contributed by atoms with Gasteiger partial charge in [0.05, 0.1) is 16.6 Å². The van der Waals surface area contributed by atoms with Crippen LogP contribution in [0.4, 0.5) is 5.13 Å². The number of hydrogen-bond donors (Lipinski definition) is 2. The number of carbonyl (C=O) groups excluding carboxylic acids is 3. The number of anilines is 1. The van der Waals surface area contributed by atoms with Gasteiger partial charge in [-0.2, -0.15) is 0 Å². The molecule has 2 amide bonds. The number of aromatic nitrogens is 2. The highest BCUT2D eigenvalue weighted by molar-refractivity contribution is 8.00. The Balaban J connectivity index is 1.13. The molecule has 11 nitrogen and oxygen atoms in total. The Hall–Kier alpha value is -5.70. The van der Waals surface area contributed by atoms with Crippen LogP contribution >= 0.6 is 35.0 Å². The van der Waals surface area contributed by atoms with E-state index in [1.807, 2.05) is 96.1 Å². The molecule has 2 aliphatic heterocycles. The van der Waals surface area contributed by atoms with Gasteiger partial charge in [-0.1, -0.05) is 102 Å². The van der Waals surface area contributed by atoms with Gasteiger partial charge in [0, 0.05) is 23.3 Å². The number of allylic oxidation sites excluding steroid dienone is 2. The van der Waals surface area contributed by atoms with Crippen molar-refractivity contribution in [1.29, 1.82) is 0 Å². The maximum atomic E-state index is 13.8. The van der Waals surface area contributed by atoms with Gasteiger partial charge in [-0.25, -0.2) is 4.98 Å². The second-order valence-corrected chi connectivity index (χ2v) is 15.4. The Morgan fingerprint density at radius 2 is 1.54 bits per heavy atom. The summed E-state index contributed by atoms with van der Waals surface area (Å²) in [6.45, 7) is 1.86. The van der Waals surface area contributed by atoms with Gasteiger partial charge in [-0.05, 0) is 35.3 Å². The number of aliphatic carboxylic acids is 1. The molecular weight excluding hydrogens is 741 g/mol. The van der Waals surface area contributed by atoms with Crippen molar-refractivity contribution in [2.45, 2.75) is 23.9 Å². The highest BCUT2D eigenvalue weighted by Gasteiger charge is 2.53. The monoisotopic (exact) mass is 774 g/mol. The van der Waals surface area contributed by atoms with E-state index >= 15 is 0 Å². The van der Waals surface area contributed by atoms with Crippen molar-refractivity contribution < 1.29 is 28.3 Å². The number of carbonyl (C=O) groups is 3. The lowest BCUT2D eigenvalue weighted by molar-refractivity contribution is -0.493. The molecule has 2 aliphatic rings. The van der Waals surface area contributed by atoms with E-state index in [1.54, 1.807) is 11.5 Å². The number of thiazole rings is 1. The van der Waals surface area contributed by atoms with E-state index in [2.05, 4.69) is 52.2 Å². The molecule has 7 rings (SSSR count). The number of carboxylic acid groups (broad SMARTS) is 1. The zero-order chi connectivity index (χ0) is 37.7. The Bertz CT molecular complexity index is 2150. The van der Waals surface area contributed by atoms with Gasteiger partial charge >= 0.3 is 0 Å². The van der Waals surface area contributed by atoms with Crippen LogP contribution in [0.25, 0.3) is 0 Å². The molecule has 1 fully saturated rings. The number of amides is 2.